The van der Waals surface area contributed by atoms with Crippen molar-refractivity contribution in [2.24, 2.45) is 0 Å². The summed E-state index contributed by atoms with van der Waals surface area (Å²) in [6.45, 7) is 0. The molecule has 19 heavy (non-hydrogen) atoms. The van der Waals surface area contributed by atoms with E-state index >= 15 is 0 Å². The van der Waals surface area contributed by atoms with E-state index in [1.165, 1.54) is 0 Å². The van der Waals surface area contributed by atoms with Gasteiger partial charge in [-0.25, -0.2) is 0 Å². The van der Waals surface area contributed by atoms with Gasteiger partial charge in [0.05, 0.1) is 6.10 Å². The van der Waals surface area contributed by atoms with Crippen LogP contribution in [-0.4, -0.2) is 23.3 Å². The summed E-state index contributed by atoms with van der Waals surface area (Å²) in [7, 11) is 1.61. The number of methoxy groups -OCH3 is 1. The fourth-order valence-corrected chi connectivity index (χ4v) is 2.49. The minimum atomic E-state index is -0.608. The maximum Gasteiger partial charge on any atom is 0.108 e. The quantitative estimate of drug-likeness (QED) is 0.920. The highest BCUT2D eigenvalue weighted by atomic mass is 79.9. The highest BCUT2D eigenvalue weighted by Crippen LogP contribution is 2.23. The maximum absolute atomic E-state index is 10.3. The molecule has 0 spiro atoms. The number of hydrogen-bond acceptors (Lipinski definition) is 3. The lowest BCUT2D eigenvalue weighted by molar-refractivity contribution is -0.0128. The number of rotatable bonds is 5. The first-order chi connectivity index (χ1) is 9.20. The first-order valence-corrected chi connectivity index (χ1v) is 6.85. The predicted octanol–water partition coefficient (Wildman–Crippen LogP) is 3.14. The van der Waals surface area contributed by atoms with E-state index in [4.69, 9.17) is 4.74 Å². The van der Waals surface area contributed by atoms with Gasteiger partial charge in [-0.15, -0.1) is 0 Å². The molecule has 1 heterocycles. The molecule has 0 saturated heterocycles. The molecule has 2 unspecified atom stereocenters. The van der Waals surface area contributed by atoms with Gasteiger partial charge >= 0.3 is 0 Å². The van der Waals surface area contributed by atoms with Crippen LogP contribution < -0.4 is 0 Å². The van der Waals surface area contributed by atoms with E-state index < -0.39 is 6.10 Å². The van der Waals surface area contributed by atoms with Crippen molar-refractivity contribution >= 4 is 15.9 Å². The summed E-state index contributed by atoms with van der Waals surface area (Å²) in [5.74, 6) is 0. The maximum atomic E-state index is 10.3. The fraction of sp³-hybridized carbons (Fsp3) is 0.267. The van der Waals surface area contributed by atoms with Crippen molar-refractivity contribution in [1.82, 2.24) is 4.98 Å². The topological polar surface area (TPSA) is 42.4 Å². The number of aromatic nitrogens is 1. The van der Waals surface area contributed by atoms with Gasteiger partial charge in [0.1, 0.15) is 6.10 Å². The number of benzene rings is 1. The predicted molar refractivity (Wildman–Crippen MR) is 77.8 cm³/mol. The minimum absolute atomic E-state index is 0.333. The van der Waals surface area contributed by atoms with Crippen LogP contribution in [0.2, 0.25) is 0 Å². The molecule has 0 aliphatic rings. The third kappa shape index (κ3) is 3.86. The number of pyridine rings is 1. The van der Waals surface area contributed by atoms with Crippen LogP contribution in [0, 0.1) is 0 Å². The summed E-state index contributed by atoms with van der Waals surface area (Å²) in [6.07, 6.45) is 3.04. The van der Waals surface area contributed by atoms with Gasteiger partial charge in [0.25, 0.3) is 0 Å². The SMILES string of the molecule is COC(c1ccccc1)C(O)Cc1cncc(Br)c1. The van der Waals surface area contributed by atoms with Crippen molar-refractivity contribution < 1.29 is 9.84 Å². The summed E-state index contributed by atoms with van der Waals surface area (Å²) in [6, 6.07) is 11.7. The third-order valence-electron chi connectivity index (χ3n) is 2.94. The number of aliphatic hydroxyl groups is 1. The molecule has 1 N–H and O–H groups in total. The van der Waals surface area contributed by atoms with Crippen LogP contribution in [0.15, 0.2) is 53.3 Å². The van der Waals surface area contributed by atoms with Gasteiger partial charge in [0.2, 0.25) is 0 Å². The molecule has 0 aliphatic carbocycles. The Labute approximate surface area is 121 Å². The van der Waals surface area contributed by atoms with Crippen LogP contribution in [0.3, 0.4) is 0 Å². The molecule has 0 aliphatic heterocycles. The first kappa shape index (κ1) is 14.2. The molecule has 0 amide bonds. The van der Waals surface area contributed by atoms with E-state index in [-0.39, 0.29) is 6.10 Å². The van der Waals surface area contributed by atoms with E-state index in [0.29, 0.717) is 6.42 Å². The Morgan fingerprint density at radius 2 is 2.00 bits per heavy atom. The van der Waals surface area contributed by atoms with Crippen molar-refractivity contribution in [3.63, 3.8) is 0 Å². The van der Waals surface area contributed by atoms with Crippen LogP contribution >= 0.6 is 15.9 Å². The van der Waals surface area contributed by atoms with Gasteiger partial charge in [-0.1, -0.05) is 30.3 Å². The average Bonchev–Trinajstić information content (AvgIpc) is 2.41. The Bertz CT molecular complexity index is 519. The molecule has 1 aromatic carbocycles. The molecule has 2 aromatic rings. The van der Waals surface area contributed by atoms with Crippen LogP contribution in [0.4, 0.5) is 0 Å². The summed E-state index contributed by atoms with van der Waals surface area (Å²) >= 11 is 3.38. The molecule has 4 heteroatoms. The number of ether oxygens (including phenoxy) is 1. The highest BCUT2D eigenvalue weighted by molar-refractivity contribution is 9.10. The van der Waals surface area contributed by atoms with E-state index in [2.05, 4.69) is 20.9 Å². The Morgan fingerprint density at radius 3 is 2.63 bits per heavy atom. The number of halogens is 1. The van der Waals surface area contributed by atoms with Crippen LogP contribution in [0.25, 0.3) is 0 Å². The molecule has 2 rings (SSSR count). The number of aliphatic hydroxyl groups excluding tert-OH is 1. The molecule has 1 aromatic heterocycles. The number of hydrogen-bond donors (Lipinski definition) is 1. The van der Waals surface area contributed by atoms with Crippen molar-refractivity contribution in [2.75, 3.05) is 7.11 Å². The Kier molecular flexibility index (Phi) is 5.07. The van der Waals surface area contributed by atoms with Crippen LogP contribution in [0.1, 0.15) is 17.2 Å². The minimum Gasteiger partial charge on any atom is -0.390 e. The van der Waals surface area contributed by atoms with Gasteiger partial charge in [-0.05, 0) is 33.1 Å². The van der Waals surface area contributed by atoms with Crippen molar-refractivity contribution in [3.8, 4) is 0 Å². The van der Waals surface area contributed by atoms with E-state index in [0.717, 1.165) is 15.6 Å². The summed E-state index contributed by atoms with van der Waals surface area (Å²) in [5.41, 5.74) is 1.94. The summed E-state index contributed by atoms with van der Waals surface area (Å²) < 4.78 is 6.33. The molecule has 3 nitrogen and oxygen atoms in total. The fourth-order valence-electron chi connectivity index (χ4n) is 2.07. The van der Waals surface area contributed by atoms with Crippen LogP contribution in [-0.2, 0) is 11.2 Å². The molecule has 100 valence electrons. The molecule has 2 atom stereocenters. The monoisotopic (exact) mass is 321 g/mol. The lowest BCUT2D eigenvalue weighted by atomic mass is 9.99. The standard InChI is InChI=1S/C15H16BrNO2/c1-19-15(12-5-3-2-4-6-12)14(18)8-11-7-13(16)10-17-9-11/h2-7,9-10,14-15,18H,8H2,1H3. The molecule has 0 bridgehead atoms. The van der Waals surface area contributed by atoms with Gasteiger partial charge in [-0.3, -0.25) is 4.98 Å². The first-order valence-electron chi connectivity index (χ1n) is 6.06. The normalized spacial score (nSPS) is 14.1. The van der Waals surface area contributed by atoms with Gasteiger partial charge in [-0.2, -0.15) is 0 Å². The Balaban J connectivity index is 2.11. The van der Waals surface area contributed by atoms with E-state index in [1.54, 1.807) is 19.5 Å². The zero-order chi connectivity index (χ0) is 13.7. The van der Waals surface area contributed by atoms with E-state index in [9.17, 15) is 5.11 Å². The second kappa shape index (κ2) is 6.80. The van der Waals surface area contributed by atoms with Crippen molar-refractivity contribution in [2.45, 2.75) is 18.6 Å². The third-order valence-corrected chi connectivity index (χ3v) is 3.37. The zero-order valence-electron chi connectivity index (χ0n) is 10.7. The zero-order valence-corrected chi connectivity index (χ0v) is 12.2. The highest BCUT2D eigenvalue weighted by Gasteiger charge is 2.21. The number of nitrogens with zero attached hydrogens (tertiary/aromatic N) is 1. The lowest BCUT2D eigenvalue weighted by Gasteiger charge is -2.22. The van der Waals surface area contributed by atoms with Crippen LogP contribution in [0.5, 0.6) is 0 Å². The molecule has 0 fully saturated rings. The van der Waals surface area contributed by atoms with Gasteiger partial charge < -0.3 is 9.84 Å². The summed E-state index contributed by atoms with van der Waals surface area (Å²) in [5, 5.41) is 10.3. The average molecular weight is 322 g/mol. The molecular formula is C15H16BrNO2. The molecule has 0 radical (unpaired) electrons. The van der Waals surface area contributed by atoms with Gasteiger partial charge in [0.15, 0.2) is 0 Å². The van der Waals surface area contributed by atoms with Gasteiger partial charge in [0, 0.05) is 30.4 Å². The lowest BCUT2D eigenvalue weighted by Crippen LogP contribution is -2.22. The second-order valence-corrected chi connectivity index (χ2v) is 5.27. The molecule has 0 saturated carbocycles. The van der Waals surface area contributed by atoms with Crippen molar-refractivity contribution in [3.05, 3.63) is 64.4 Å². The second-order valence-electron chi connectivity index (χ2n) is 4.35. The summed E-state index contributed by atoms with van der Waals surface area (Å²) in [4.78, 5) is 4.10. The van der Waals surface area contributed by atoms with E-state index in [1.807, 2.05) is 36.4 Å². The largest absolute Gasteiger partial charge is 0.390 e. The van der Waals surface area contributed by atoms with Crippen molar-refractivity contribution in [1.29, 1.82) is 0 Å². The Morgan fingerprint density at radius 1 is 1.26 bits per heavy atom. The smallest absolute Gasteiger partial charge is 0.108 e. The molecular weight excluding hydrogens is 306 g/mol. The Hall–Kier alpha value is -1.23.